The molecule has 0 spiro atoms. The molecule has 230 valence electrons. The van der Waals surface area contributed by atoms with E-state index in [-0.39, 0.29) is 52.3 Å². The molecule has 1 aliphatic heterocycles. The molecule has 1 saturated heterocycles. The number of Topliss-reactive ketones (excluding diaryl/α,β-unsaturated/α-hetero) is 1. The minimum Gasteiger partial charge on any atom is -0.454 e. The first-order valence-corrected chi connectivity index (χ1v) is 15.0. The number of nitrogens with zero attached hydrogens (tertiary/aromatic N) is 3. The number of fused-ring (bicyclic) bond motifs is 6. The van der Waals surface area contributed by atoms with Crippen molar-refractivity contribution in [2.24, 2.45) is 23.7 Å². The molecule has 2 amide bonds. The molecule has 46 heavy (non-hydrogen) atoms. The van der Waals surface area contributed by atoms with Crippen LogP contribution in [0.25, 0.3) is 22.2 Å². The summed E-state index contributed by atoms with van der Waals surface area (Å²) in [5, 5.41) is 11.9. The van der Waals surface area contributed by atoms with Gasteiger partial charge in [-0.05, 0) is 69.4 Å². The van der Waals surface area contributed by atoms with Gasteiger partial charge in [0, 0.05) is 28.1 Å². The van der Waals surface area contributed by atoms with E-state index in [0.717, 1.165) is 12.0 Å². The number of benzene rings is 3. The van der Waals surface area contributed by atoms with E-state index >= 15 is 0 Å². The highest BCUT2D eigenvalue weighted by Crippen LogP contribution is 2.56. The third kappa shape index (κ3) is 4.68. The highest BCUT2D eigenvalue weighted by molar-refractivity contribution is 6.23. The standard InChI is InChI=1S/C36H29N3O7/c1-18-4-11-28-26(12-18)27(36(43)46-17-31(40)22-6-5-19(2)30(15-22)39(44)45)16-29(37-28)21-7-9-24(10-8-21)38-34(41)32-23-13-20(3)25(14-23)33(32)35(38)42/h4-13,15-16,23,25,32-33H,14,17H2,1-3H3. The molecule has 10 nitrogen and oxygen atoms in total. The van der Waals surface area contributed by atoms with Crippen LogP contribution in [0.4, 0.5) is 11.4 Å². The monoisotopic (exact) mass is 615 g/mol. The Kier molecular flexibility index (Phi) is 6.88. The third-order valence-corrected chi connectivity index (χ3v) is 9.55. The van der Waals surface area contributed by atoms with Crippen LogP contribution in [-0.2, 0) is 14.3 Å². The first kappa shape index (κ1) is 29.2. The van der Waals surface area contributed by atoms with Crippen LogP contribution < -0.4 is 4.90 Å². The van der Waals surface area contributed by atoms with Gasteiger partial charge in [0.05, 0.1) is 39.2 Å². The molecule has 4 aromatic rings. The number of ether oxygens (including phenoxy) is 1. The van der Waals surface area contributed by atoms with E-state index in [1.54, 1.807) is 43.3 Å². The molecule has 2 aliphatic carbocycles. The topological polar surface area (TPSA) is 137 Å². The lowest BCUT2D eigenvalue weighted by atomic mass is 9.82. The van der Waals surface area contributed by atoms with Crippen molar-refractivity contribution in [3.63, 3.8) is 0 Å². The quantitative estimate of drug-likeness (QED) is 0.0601. The summed E-state index contributed by atoms with van der Waals surface area (Å²) >= 11 is 0. The number of nitro benzene ring substituents is 1. The predicted molar refractivity (Wildman–Crippen MR) is 169 cm³/mol. The summed E-state index contributed by atoms with van der Waals surface area (Å²) in [6.07, 6.45) is 3.01. The number of esters is 1. The Labute approximate surface area is 263 Å². The van der Waals surface area contributed by atoms with Crippen molar-refractivity contribution in [2.75, 3.05) is 11.5 Å². The Morgan fingerprint density at radius 2 is 1.70 bits per heavy atom. The Morgan fingerprint density at radius 1 is 0.957 bits per heavy atom. The Bertz CT molecular complexity index is 2050. The Morgan fingerprint density at radius 3 is 2.43 bits per heavy atom. The number of carbonyl (C=O) groups is 4. The van der Waals surface area contributed by atoms with Gasteiger partial charge in [-0.15, -0.1) is 0 Å². The molecule has 7 rings (SSSR count). The normalized spacial score (nSPS) is 21.5. The van der Waals surface area contributed by atoms with Crippen molar-refractivity contribution in [1.29, 1.82) is 0 Å². The van der Waals surface area contributed by atoms with Crippen LogP contribution in [0, 0.1) is 47.6 Å². The average Bonchev–Trinajstić information content (AvgIpc) is 3.68. The number of nitro groups is 1. The molecule has 0 radical (unpaired) electrons. The summed E-state index contributed by atoms with van der Waals surface area (Å²) in [5.41, 5.74) is 4.73. The maximum absolute atomic E-state index is 13.4. The maximum Gasteiger partial charge on any atom is 0.339 e. The number of amides is 2. The summed E-state index contributed by atoms with van der Waals surface area (Å²) in [6.45, 7) is 4.89. The van der Waals surface area contributed by atoms with Crippen molar-refractivity contribution >= 4 is 45.8 Å². The first-order valence-electron chi connectivity index (χ1n) is 15.0. The summed E-state index contributed by atoms with van der Waals surface area (Å²) in [7, 11) is 0. The van der Waals surface area contributed by atoms with Gasteiger partial charge in [-0.2, -0.15) is 0 Å². The molecule has 4 atom stereocenters. The zero-order valence-corrected chi connectivity index (χ0v) is 25.4. The van der Waals surface area contributed by atoms with Crippen LogP contribution in [0.15, 0.2) is 78.4 Å². The number of aromatic nitrogens is 1. The molecule has 10 heteroatoms. The second kappa shape index (κ2) is 10.8. The summed E-state index contributed by atoms with van der Waals surface area (Å²) in [5.74, 6) is -1.97. The van der Waals surface area contributed by atoms with E-state index in [0.29, 0.717) is 33.4 Å². The number of allylic oxidation sites excluding steroid dienone is 2. The largest absolute Gasteiger partial charge is 0.454 e. The third-order valence-electron chi connectivity index (χ3n) is 9.55. The van der Waals surface area contributed by atoms with E-state index < -0.39 is 23.3 Å². The van der Waals surface area contributed by atoms with E-state index in [9.17, 15) is 29.3 Å². The van der Waals surface area contributed by atoms with Crippen LogP contribution in [0.5, 0.6) is 0 Å². The maximum atomic E-state index is 13.4. The van der Waals surface area contributed by atoms with Gasteiger partial charge < -0.3 is 4.74 Å². The van der Waals surface area contributed by atoms with Crippen LogP contribution >= 0.6 is 0 Å². The minimum atomic E-state index is -0.746. The molecule has 0 N–H and O–H groups in total. The lowest BCUT2D eigenvalue weighted by Gasteiger charge is -2.19. The average molecular weight is 616 g/mol. The molecule has 1 saturated carbocycles. The fourth-order valence-corrected chi connectivity index (χ4v) is 7.24. The Hall–Kier alpha value is -5.51. The minimum absolute atomic E-state index is 0.0685. The van der Waals surface area contributed by atoms with Gasteiger partial charge >= 0.3 is 5.97 Å². The number of aryl methyl sites for hydroxylation is 2. The Balaban J connectivity index is 1.15. The zero-order valence-electron chi connectivity index (χ0n) is 25.4. The summed E-state index contributed by atoms with van der Waals surface area (Å²) in [6, 6.07) is 18.1. The van der Waals surface area contributed by atoms with E-state index in [1.807, 2.05) is 26.0 Å². The molecular weight excluding hydrogens is 586 g/mol. The van der Waals surface area contributed by atoms with Gasteiger partial charge in [0.15, 0.2) is 6.61 Å². The number of pyridine rings is 1. The molecular formula is C36H29N3O7. The number of carbonyl (C=O) groups excluding carboxylic acids is 4. The number of imide groups is 1. The van der Waals surface area contributed by atoms with Gasteiger partial charge in [0.25, 0.3) is 5.69 Å². The molecule has 2 bridgehead atoms. The van der Waals surface area contributed by atoms with Gasteiger partial charge in [0.1, 0.15) is 0 Å². The number of rotatable bonds is 7. The van der Waals surface area contributed by atoms with Crippen molar-refractivity contribution < 1.29 is 28.8 Å². The van der Waals surface area contributed by atoms with E-state index in [1.165, 1.54) is 28.7 Å². The van der Waals surface area contributed by atoms with Crippen LogP contribution in [0.1, 0.15) is 45.2 Å². The highest BCUT2D eigenvalue weighted by Gasteiger charge is 2.60. The molecule has 2 heterocycles. The van der Waals surface area contributed by atoms with Crippen LogP contribution in [0.2, 0.25) is 0 Å². The number of ketones is 1. The smallest absolute Gasteiger partial charge is 0.339 e. The summed E-state index contributed by atoms with van der Waals surface area (Å²) in [4.78, 5) is 69.8. The van der Waals surface area contributed by atoms with Crippen molar-refractivity contribution in [3.8, 4) is 11.3 Å². The highest BCUT2D eigenvalue weighted by atomic mass is 16.6. The van der Waals surface area contributed by atoms with E-state index in [4.69, 9.17) is 9.72 Å². The number of hydrogen-bond acceptors (Lipinski definition) is 8. The van der Waals surface area contributed by atoms with Crippen LogP contribution in [0.3, 0.4) is 0 Å². The fraction of sp³-hybridized carbons (Fsp3) is 0.250. The van der Waals surface area contributed by atoms with Gasteiger partial charge in [-0.3, -0.25) is 29.4 Å². The number of anilines is 1. The van der Waals surface area contributed by atoms with Crippen LogP contribution in [-0.4, -0.2) is 40.1 Å². The second-order valence-electron chi connectivity index (χ2n) is 12.4. The SMILES string of the molecule is CC1=CC2CC1C1C(=O)N(c3ccc(-c4cc(C(=O)OCC(=O)c5ccc(C)c([N+](=O)[O-])c5)c5cc(C)ccc5n4)cc3)C(=O)C21. The summed E-state index contributed by atoms with van der Waals surface area (Å²) < 4.78 is 5.42. The lowest BCUT2D eigenvalue weighted by molar-refractivity contribution is -0.385. The van der Waals surface area contributed by atoms with Gasteiger partial charge in [0.2, 0.25) is 17.6 Å². The molecule has 2 fully saturated rings. The second-order valence-corrected chi connectivity index (χ2v) is 12.4. The predicted octanol–water partition coefficient (Wildman–Crippen LogP) is 6.17. The fourth-order valence-electron chi connectivity index (χ4n) is 7.24. The molecule has 3 aromatic carbocycles. The van der Waals surface area contributed by atoms with Crippen molar-refractivity contribution in [2.45, 2.75) is 27.2 Å². The molecule has 1 aromatic heterocycles. The molecule has 4 unspecified atom stereocenters. The van der Waals surface area contributed by atoms with Gasteiger partial charge in [-0.25, -0.2) is 9.78 Å². The van der Waals surface area contributed by atoms with Gasteiger partial charge in [-0.1, -0.05) is 47.5 Å². The molecule has 3 aliphatic rings. The lowest BCUT2D eigenvalue weighted by Crippen LogP contribution is -2.32. The first-order chi connectivity index (χ1) is 22.0. The van der Waals surface area contributed by atoms with Crippen molar-refractivity contribution in [1.82, 2.24) is 4.98 Å². The van der Waals surface area contributed by atoms with E-state index in [2.05, 4.69) is 6.08 Å². The number of hydrogen-bond donors (Lipinski definition) is 0. The van der Waals surface area contributed by atoms with Crippen molar-refractivity contribution in [3.05, 3.63) is 111 Å². The zero-order chi connectivity index (χ0) is 32.4.